The monoisotopic (exact) mass is 633 g/mol. The minimum absolute atomic E-state index is 0. The Balaban J connectivity index is 0.00000264. The van der Waals surface area contributed by atoms with E-state index in [0.29, 0.717) is 22.8 Å². The Kier molecular flexibility index (Phi) is 10.4. The number of allylic oxidation sites excluding steroid dienone is 4. The largest absolute Gasteiger partial charge is 3.00 e. The molecule has 0 aromatic carbocycles. The van der Waals surface area contributed by atoms with Gasteiger partial charge in [-0.25, -0.2) is 9.97 Å². The molecule has 5 heterocycles. The van der Waals surface area contributed by atoms with Crippen molar-refractivity contribution in [3.8, 4) is 0 Å². The first-order valence-electron chi connectivity index (χ1n) is 13.8. The van der Waals surface area contributed by atoms with Crippen LogP contribution in [-0.2, 0) is 26.7 Å². The van der Waals surface area contributed by atoms with Crippen molar-refractivity contribution in [3.05, 3.63) is 82.5 Å². The topological polar surface area (TPSA) is 168 Å². The summed E-state index contributed by atoms with van der Waals surface area (Å²) in [5.41, 5.74) is 13.3. The van der Waals surface area contributed by atoms with Crippen LogP contribution in [0.5, 0.6) is 0 Å². The van der Waals surface area contributed by atoms with Crippen molar-refractivity contribution >= 4 is 68.4 Å². The molecule has 3 aromatic rings. The molecule has 3 N–H and O–H groups in total. The molecule has 8 bridgehead atoms. The number of carboxylic acid groups (broad SMARTS) is 2. The zero-order valence-electron chi connectivity index (χ0n) is 25.0. The Hall–Kier alpha value is -4.50. The standard InChI is InChI=1S/C34H34N4O4.Fe.H2O/c1-7-21-17(3)25-13-26-19(5)23(9-11-33(39)40)31(37-26)16-32-24(10-12-34(41)42)20(6)28(38-32)15-30-22(8-2)18(4)27(36-30)14-29(21)35-25;;/h7-8,13-16,35-36H,1-2,9-12H2,3-6H3,(H,39,40)(H,41,42);;1H2/q;+3;/p-3. The van der Waals surface area contributed by atoms with Crippen LogP contribution in [0.1, 0.15) is 84.6 Å². The summed E-state index contributed by atoms with van der Waals surface area (Å²) in [6.45, 7) is 16.0. The molecule has 0 amide bonds. The number of nitrogens with one attached hydrogen (secondary N) is 2. The molecular weight excluding hydrogens is 600 g/mol. The van der Waals surface area contributed by atoms with Gasteiger partial charge in [-0.2, -0.15) is 0 Å². The molecule has 44 heavy (non-hydrogen) atoms. The molecule has 227 valence electrons. The predicted molar refractivity (Wildman–Crippen MR) is 166 cm³/mol. The van der Waals surface area contributed by atoms with Gasteiger partial charge < -0.3 is 35.2 Å². The maximum Gasteiger partial charge on any atom is 3.00 e. The normalized spacial score (nSPS) is 12.5. The van der Waals surface area contributed by atoms with E-state index in [2.05, 4.69) is 23.1 Å². The number of nitrogens with zero attached hydrogens (tertiary/aromatic N) is 2. The number of aromatic amines is 2. The number of hydrogen-bond acceptors (Lipinski definition) is 7. The fourth-order valence-electron chi connectivity index (χ4n) is 5.76. The van der Waals surface area contributed by atoms with Gasteiger partial charge in [0.05, 0.1) is 22.8 Å². The molecular formula is C34H33FeN4O5. The van der Waals surface area contributed by atoms with E-state index in [1.807, 2.05) is 58.0 Å². The summed E-state index contributed by atoms with van der Waals surface area (Å²) in [5.74, 6) is -2.29. The summed E-state index contributed by atoms with van der Waals surface area (Å²) in [4.78, 5) is 39.7. The molecule has 0 atom stereocenters. The predicted octanol–water partition coefficient (Wildman–Crippen LogP) is 4.96. The van der Waals surface area contributed by atoms with Crippen molar-refractivity contribution in [1.29, 1.82) is 0 Å². The second-order valence-electron chi connectivity index (χ2n) is 10.7. The Morgan fingerprint density at radius 2 is 1.07 bits per heavy atom. The van der Waals surface area contributed by atoms with Gasteiger partial charge in [-0.1, -0.05) is 25.3 Å². The number of carboxylic acids is 2. The third kappa shape index (κ3) is 6.24. The minimum Gasteiger partial charge on any atom is -0.870 e. The van der Waals surface area contributed by atoms with Gasteiger partial charge in [-0.15, -0.1) is 0 Å². The van der Waals surface area contributed by atoms with Crippen LogP contribution in [0.4, 0.5) is 0 Å². The smallest absolute Gasteiger partial charge is 0.870 e. The summed E-state index contributed by atoms with van der Waals surface area (Å²) in [7, 11) is 0. The van der Waals surface area contributed by atoms with E-state index >= 15 is 0 Å². The summed E-state index contributed by atoms with van der Waals surface area (Å²) in [5, 5.41) is 22.8. The third-order valence-electron chi connectivity index (χ3n) is 8.20. The van der Waals surface area contributed by atoms with E-state index in [-0.39, 0.29) is 48.2 Å². The summed E-state index contributed by atoms with van der Waals surface area (Å²) in [6.07, 6.45) is 3.79. The van der Waals surface area contributed by atoms with Gasteiger partial charge in [0.25, 0.3) is 0 Å². The van der Waals surface area contributed by atoms with E-state index in [0.717, 1.165) is 66.6 Å². The number of aromatic nitrogens is 4. The Bertz CT molecular complexity index is 1930. The van der Waals surface area contributed by atoms with Gasteiger partial charge >= 0.3 is 17.1 Å². The zero-order valence-corrected chi connectivity index (χ0v) is 26.1. The molecule has 10 heteroatoms. The Morgan fingerprint density at radius 1 is 0.682 bits per heavy atom. The molecule has 3 aromatic heterocycles. The van der Waals surface area contributed by atoms with Crippen LogP contribution in [0.3, 0.4) is 0 Å². The van der Waals surface area contributed by atoms with E-state index in [4.69, 9.17) is 9.97 Å². The average molecular weight is 634 g/mol. The summed E-state index contributed by atoms with van der Waals surface area (Å²) >= 11 is 0. The number of aliphatic carboxylic acids is 2. The quantitative estimate of drug-likeness (QED) is 0.331. The number of carbonyl (C=O) groups excluding carboxylic acids is 2. The van der Waals surface area contributed by atoms with Crippen molar-refractivity contribution < 1.29 is 42.3 Å². The number of carbonyl (C=O) groups is 2. The maximum atomic E-state index is 11.4. The van der Waals surface area contributed by atoms with Crippen LogP contribution >= 0.6 is 0 Å². The number of aryl methyl sites for hydroxylation is 2. The Labute approximate surface area is 266 Å². The zero-order chi connectivity index (χ0) is 30.3. The first-order valence-corrected chi connectivity index (χ1v) is 13.8. The van der Waals surface area contributed by atoms with Crippen LogP contribution in [0, 0.1) is 13.8 Å². The van der Waals surface area contributed by atoms with Crippen LogP contribution in [0.25, 0.3) is 56.5 Å². The van der Waals surface area contributed by atoms with Gasteiger partial charge in [-0.05, 0) is 111 Å². The second-order valence-corrected chi connectivity index (χ2v) is 10.7. The summed E-state index contributed by atoms with van der Waals surface area (Å²) < 4.78 is 0. The third-order valence-corrected chi connectivity index (χ3v) is 8.20. The number of hydrogen-bond donors (Lipinski definition) is 2. The van der Waals surface area contributed by atoms with Crippen LogP contribution in [0.2, 0.25) is 0 Å². The van der Waals surface area contributed by atoms with Gasteiger partial charge in [0.2, 0.25) is 0 Å². The van der Waals surface area contributed by atoms with E-state index in [1.165, 1.54) is 0 Å². The molecule has 2 aliphatic rings. The summed E-state index contributed by atoms with van der Waals surface area (Å²) in [6, 6.07) is 7.78. The molecule has 0 fully saturated rings. The maximum absolute atomic E-state index is 11.4. The fourth-order valence-corrected chi connectivity index (χ4v) is 5.76. The van der Waals surface area contributed by atoms with Gasteiger partial charge in [0.1, 0.15) is 0 Å². The van der Waals surface area contributed by atoms with Crippen molar-refractivity contribution in [2.75, 3.05) is 0 Å². The molecule has 1 radical (unpaired) electrons. The van der Waals surface area contributed by atoms with E-state index < -0.39 is 11.9 Å². The molecule has 9 nitrogen and oxygen atoms in total. The average Bonchev–Trinajstić information content (AvgIpc) is 3.59. The molecule has 0 spiro atoms. The molecule has 5 rings (SSSR count). The van der Waals surface area contributed by atoms with E-state index in [9.17, 15) is 19.8 Å². The van der Waals surface area contributed by atoms with Crippen LogP contribution in [0.15, 0.2) is 37.4 Å². The minimum atomic E-state index is -1.15. The van der Waals surface area contributed by atoms with Crippen molar-refractivity contribution in [3.63, 3.8) is 0 Å². The number of rotatable bonds is 8. The number of H-pyrrole nitrogens is 2. The first-order chi connectivity index (χ1) is 20.0. The van der Waals surface area contributed by atoms with Crippen LogP contribution in [-0.4, -0.2) is 37.4 Å². The molecule has 2 aliphatic heterocycles. The second kappa shape index (κ2) is 13.4. The van der Waals surface area contributed by atoms with Crippen molar-refractivity contribution in [1.82, 2.24) is 19.9 Å². The van der Waals surface area contributed by atoms with Crippen molar-refractivity contribution in [2.45, 2.75) is 53.4 Å². The van der Waals surface area contributed by atoms with Gasteiger partial charge in [0.15, 0.2) is 0 Å². The molecule has 0 saturated carbocycles. The molecule has 0 unspecified atom stereocenters. The van der Waals surface area contributed by atoms with Gasteiger partial charge in [-0.3, -0.25) is 0 Å². The number of fused-ring (bicyclic) bond motifs is 8. The van der Waals surface area contributed by atoms with E-state index in [1.54, 1.807) is 6.08 Å². The Morgan fingerprint density at radius 3 is 1.48 bits per heavy atom. The van der Waals surface area contributed by atoms with Crippen LogP contribution < -0.4 is 10.2 Å². The first kappa shape index (κ1) is 34.0. The fraction of sp³-hybridized carbons (Fsp3) is 0.235. The molecule has 0 saturated heterocycles. The molecule has 0 aliphatic carbocycles. The SMILES string of the molecule is C=Cc1c(C)c2cc3[nH]c(cc4nc(cc5nc(cc1[nH]2)C(C)=C5CCC(=O)[O-])C(CCC(=O)[O-])=C4C)c(C)c3C=C.[Fe+3].[OH-]. The van der Waals surface area contributed by atoms with Gasteiger partial charge in [0, 0.05) is 45.1 Å². The van der Waals surface area contributed by atoms with Crippen molar-refractivity contribution in [2.24, 2.45) is 0 Å².